The Morgan fingerprint density at radius 3 is 1.05 bits per heavy atom. The lowest BCUT2D eigenvalue weighted by atomic mass is 10.0. The summed E-state index contributed by atoms with van der Waals surface area (Å²) < 4.78 is 48.8. The summed E-state index contributed by atoms with van der Waals surface area (Å²) in [7, 11) is 1.67. The first kappa shape index (κ1) is 63.0. The SMILES string of the molecule is CNC(CCCNC(=O)COCCOCCOCCOCCOCCOCCNC(=O)COCCOCCOCCNC(=O)CCCCCCCCCCCCCCCCC(=O)O)C(N)=O. The van der Waals surface area contributed by atoms with Crippen LogP contribution in [0.1, 0.15) is 116 Å². The first-order chi connectivity index (χ1) is 32.3. The number of rotatable bonds is 54. The quantitative estimate of drug-likeness (QED) is 0.0479. The minimum Gasteiger partial charge on any atom is -0.481 e. The van der Waals surface area contributed by atoms with E-state index in [2.05, 4.69) is 21.3 Å². The molecule has 0 rings (SSSR count). The van der Waals surface area contributed by atoms with Crippen molar-refractivity contribution in [2.75, 3.05) is 146 Å². The smallest absolute Gasteiger partial charge is 0.303 e. The fraction of sp³-hybridized carbons (Fsp3) is 0.891. The number of likely N-dealkylation sites (N-methyl/N-ethyl adjacent to an activating group) is 1. The van der Waals surface area contributed by atoms with Gasteiger partial charge >= 0.3 is 5.97 Å². The molecule has 0 spiro atoms. The fourth-order valence-corrected chi connectivity index (χ4v) is 6.23. The van der Waals surface area contributed by atoms with Crippen molar-refractivity contribution in [3.05, 3.63) is 0 Å². The first-order valence-electron chi connectivity index (χ1n) is 24.4. The number of nitrogens with one attached hydrogen (secondary N) is 4. The number of carbonyl (C=O) groups excluding carboxylic acids is 4. The number of carboxylic acid groups (broad SMARTS) is 1. The Labute approximate surface area is 394 Å². The molecule has 0 aromatic rings. The van der Waals surface area contributed by atoms with Gasteiger partial charge in [-0.1, -0.05) is 77.0 Å². The Hall–Kier alpha value is -3.05. The molecular formula is C46H89N5O15. The van der Waals surface area contributed by atoms with Crippen LogP contribution in [0.5, 0.6) is 0 Å². The summed E-state index contributed by atoms with van der Waals surface area (Å²) in [5, 5.41) is 19.8. The van der Waals surface area contributed by atoms with Gasteiger partial charge in [-0.05, 0) is 32.7 Å². The van der Waals surface area contributed by atoms with Crippen LogP contribution in [-0.4, -0.2) is 186 Å². The van der Waals surface area contributed by atoms with Gasteiger partial charge in [0, 0.05) is 32.5 Å². The maximum atomic E-state index is 12.0. The van der Waals surface area contributed by atoms with Crippen LogP contribution < -0.4 is 27.0 Å². The second-order valence-corrected chi connectivity index (χ2v) is 15.7. The zero-order chi connectivity index (χ0) is 48.2. The lowest BCUT2D eigenvalue weighted by Gasteiger charge is -2.12. The highest BCUT2D eigenvalue weighted by atomic mass is 16.6. The van der Waals surface area contributed by atoms with Crippen molar-refractivity contribution in [3.8, 4) is 0 Å². The van der Waals surface area contributed by atoms with E-state index in [9.17, 15) is 24.0 Å². The van der Waals surface area contributed by atoms with Gasteiger partial charge in [0.2, 0.25) is 23.6 Å². The molecule has 0 aliphatic carbocycles. The molecule has 20 nitrogen and oxygen atoms in total. The van der Waals surface area contributed by atoms with Gasteiger partial charge in [-0.3, -0.25) is 24.0 Å². The number of carboxylic acids is 1. The van der Waals surface area contributed by atoms with Crippen LogP contribution in [-0.2, 0) is 66.6 Å². The van der Waals surface area contributed by atoms with Gasteiger partial charge in [-0.2, -0.15) is 0 Å². The number of hydrogen-bond acceptors (Lipinski definition) is 15. The standard InChI is InChI=1S/C46H89N5O15/c1-48-41(46(47)57)17-16-20-49-43(53)39-65-37-36-64-34-33-62-32-31-61-30-29-60-27-25-59-24-22-51-44(54)40-66-38-35-63-28-26-58-23-21-50-42(52)18-14-12-10-8-6-4-2-3-5-7-9-11-13-15-19-45(55)56/h41,48H,2-40H2,1H3,(H2,47,57)(H,49,53)(H,50,52)(H,51,54)(H,55,56). The lowest BCUT2D eigenvalue weighted by Crippen LogP contribution is -2.39. The summed E-state index contributed by atoms with van der Waals surface area (Å²) >= 11 is 0. The molecule has 0 bridgehead atoms. The molecule has 0 aliphatic rings. The summed E-state index contributed by atoms with van der Waals surface area (Å²) in [5.74, 6) is -1.51. The van der Waals surface area contributed by atoms with Crippen LogP contribution in [0.15, 0.2) is 0 Å². The minimum atomic E-state index is -0.692. The molecule has 0 aromatic heterocycles. The highest BCUT2D eigenvalue weighted by Crippen LogP contribution is 2.14. The average molecular weight is 952 g/mol. The molecule has 20 heteroatoms. The number of hydrogen-bond donors (Lipinski definition) is 6. The van der Waals surface area contributed by atoms with E-state index in [4.69, 9.17) is 53.5 Å². The second-order valence-electron chi connectivity index (χ2n) is 15.7. The zero-order valence-electron chi connectivity index (χ0n) is 40.4. The number of ether oxygens (including phenoxy) is 9. The highest BCUT2D eigenvalue weighted by Gasteiger charge is 2.12. The van der Waals surface area contributed by atoms with Crippen molar-refractivity contribution in [2.24, 2.45) is 5.73 Å². The Morgan fingerprint density at radius 2 is 0.697 bits per heavy atom. The van der Waals surface area contributed by atoms with E-state index in [-0.39, 0.29) is 44.1 Å². The monoisotopic (exact) mass is 952 g/mol. The number of aliphatic carboxylic acids is 1. The third-order valence-corrected chi connectivity index (χ3v) is 9.94. The predicted octanol–water partition coefficient (Wildman–Crippen LogP) is 2.66. The Bertz CT molecular complexity index is 1140. The third-order valence-electron chi connectivity index (χ3n) is 9.94. The Balaban J connectivity index is 3.27. The highest BCUT2D eigenvalue weighted by molar-refractivity contribution is 5.80. The topological polar surface area (TPSA) is 263 Å². The maximum absolute atomic E-state index is 12.0. The van der Waals surface area contributed by atoms with E-state index in [1.54, 1.807) is 7.05 Å². The second kappa shape index (κ2) is 51.3. The molecule has 7 N–H and O–H groups in total. The van der Waals surface area contributed by atoms with E-state index in [1.165, 1.54) is 57.8 Å². The minimum absolute atomic E-state index is 0.0617. The maximum Gasteiger partial charge on any atom is 0.303 e. The number of amides is 4. The largest absolute Gasteiger partial charge is 0.481 e. The van der Waals surface area contributed by atoms with Gasteiger partial charge < -0.3 is 74.7 Å². The van der Waals surface area contributed by atoms with Gasteiger partial charge in [0.25, 0.3) is 0 Å². The van der Waals surface area contributed by atoms with Crippen LogP contribution in [0.3, 0.4) is 0 Å². The summed E-state index contributed by atoms with van der Waals surface area (Å²) in [6.07, 6.45) is 18.3. The van der Waals surface area contributed by atoms with E-state index >= 15 is 0 Å². The first-order valence-corrected chi connectivity index (χ1v) is 24.4. The van der Waals surface area contributed by atoms with Crippen LogP contribution in [0.4, 0.5) is 0 Å². The molecule has 66 heavy (non-hydrogen) atoms. The average Bonchev–Trinajstić information content (AvgIpc) is 3.29. The van der Waals surface area contributed by atoms with Gasteiger partial charge in [-0.25, -0.2) is 0 Å². The summed E-state index contributed by atoms with van der Waals surface area (Å²) in [5.41, 5.74) is 5.26. The van der Waals surface area contributed by atoms with E-state index in [1.807, 2.05) is 0 Å². The van der Waals surface area contributed by atoms with Crippen molar-refractivity contribution in [2.45, 2.75) is 122 Å². The molecule has 0 aliphatic heterocycles. The lowest BCUT2D eigenvalue weighted by molar-refractivity contribution is -0.137. The van der Waals surface area contributed by atoms with Crippen molar-refractivity contribution >= 4 is 29.6 Å². The molecule has 0 aromatic carbocycles. The molecule has 388 valence electrons. The number of carbonyl (C=O) groups is 5. The molecule has 4 amide bonds. The number of nitrogens with two attached hydrogens (primary N) is 1. The predicted molar refractivity (Wildman–Crippen MR) is 249 cm³/mol. The molecule has 0 heterocycles. The summed E-state index contributed by atoms with van der Waals surface area (Å²) in [6.45, 7) is 7.33. The van der Waals surface area contributed by atoms with Crippen molar-refractivity contribution in [1.82, 2.24) is 21.3 Å². The van der Waals surface area contributed by atoms with Gasteiger partial charge in [0.05, 0.1) is 112 Å². The number of primary amides is 1. The molecule has 0 radical (unpaired) electrons. The normalized spacial score (nSPS) is 11.7. The summed E-state index contributed by atoms with van der Waals surface area (Å²) in [4.78, 5) is 57.4. The van der Waals surface area contributed by atoms with E-state index < -0.39 is 17.9 Å². The molecule has 0 saturated heterocycles. The van der Waals surface area contributed by atoms with Crippen LogP contribution in [0.2, 0.25) is 0 Å². The Morgan fingerprint density at radius 1 is 0.394 bits per heavy atom. The van der Waals surface area contributed by atoms with Crippen LogP contribution in [0.25, 0.3) is 0 Å². The third kappa shape index (κ3) is 50.4. The van der Waals surface area contributed by atoms with Crippen LogP contribution in [0, 0.1) is 0 Å². The molecule has 0 saturated carbocycles. The summed E-state index contributed by atoms with van der Waals surface area (Å²) in [6, 6.07) is -0.403. The van der Waals surface area contributed by atoms with Crippen molar-refractivity contribution in [3.63, 3.8) is 0 Å². The zero-order valence-corrected chi connectivity index (χ0v) is 40.4. The fourth-order valence-electron chi connectivity index (χ4n) is 6.23. The van der Waals surface area contributed by atoms with Gasteiger partial charge in [0.1, 0.15) is 13.2 Å². The molecule has 0 fully saturated rings. The van der Waals surface area contributed by atoms with E-state index in [0.29, 0.717) is 138 Å². The van der Waals surface area contributed by atoms with Gasteiger partial charge in [0.15, 0.2) is 0 Å². The molecule has 1 atom stereocenters. The van der Waals surface area contributed by atoms with Crippen molar-refractivity contribution in [1.29, 1.82) is 0 Å². The van der Waals surface area contributed by atoms with Crippen molar-refractivity contribution < 1.29 is 71.7 Å². The van der Waals surface area contributed by atoms with Crippen LogP contribution >= 0.6 is 0 Å². The molecule has 1 unspecified atom stereocenters. The van der Waals surface area contributed by atoms with Gasteiger partial charge in [-0.15, -0.1) is 0 Å². The van der Waals surface area contributed by atoms with E-state index in [0.717, 1.165) is 32.1 Å². The molecular weight excluding hydrogens is 863 g/mol. The number of unbranched alkanes of at least 4 members (excludes halogenated alkanes) is 13. The Kier molecular flexibility index (Phi) is 49.0.